The molecule has 20 nitrogen and oxygen atoms in total. The van der Waals surface area contributed by atoms with E-state index in [1.54, 1.807) is 68.1 Å². The number of benzene rings is 2. The number of likely N-dealkylation sites (N-methyl/N-ethyl adjacent to an activating group) is 2. The largest absolute Gasteiger partial charge is 0.458 e. The molecule has 2 aliphatic heterocycles. The number of ether oxygens (including phenoxy) is 3. The Morgan fingerprint density at radius 1 is 0.946 bits per heavy atom. The number of aliphatic hydroxyl groups is 1. The van der Waals surface area contributed by atoms with Crippen molar-refractivity contribution in [3.8, 4) is 17.1 Å². The number of hydrogen-bond acceptors (Lipinski definition) is 13. The third kappa shape index (κ3) is 12.2. The Kier molecular flexibility index (Phi) is 17.3. The molecule has 2 aliphatic rings. The lowest BCUT2D eigenvalue weighted by atomic mass is 9.86. The van der Waals surface area contributed by atoms with Gasteiger partial charge in [-0.25, -0.2) is 24.2 Å². The lowest BCUT2D eigenvalue weighted by Crippen LogP contribution is -2.54. The van der Waals surface area contributed by atoms with Crippen molar-refractivity contribution in [3.05, 3.63) is 81.1 Å². The van der Waals surface area contributed by atoms with Crippen molar-refractivity contribution in [2.24, 2.45) is 11.7 Å². The maximum atomic E-state index is 14.1. The van der Waals surface area contributed by atoms with Gasteiger partial charge >= 0.3 is 24.2 Å². The first-order chi connectivity index (χ1) is 34.7. The highest BCUT2D eigenvalue weighted by atomic mass is 28.3. The first-order valence-corrected chi connectivity index (χ1v) is 28.1. The number of pyridine rings is 2. The number of nitrogens with two attached hydrogens (primary N) is 1. The van der Waals surface area contributed by atoms with Crippen molar-refractivity contribution in [2.75, 3.05) is 39.0 Å². The lowest BCUT2D eigenvalue weighted by Gasteiger charge is -2.39. The van der Waals surface area contributed by atoms with Crippen molar-refractivity contribution in [3.63, 3.8) is 0 Å². The zero-order chi connectivity index (χ0) is 54.6. The van der Waals surface area contributed by atoms with E-state index in [0.29, 0.717) is 34.6 Å². The van der Waals surface area contributed by atoms with Crippen molar-refractivity contribution in [1.82, 2.24) is 35.3 Å². The van der Waals surface area contributed by atoms with Crippen LogP contribution < -0.4 is 42.5 Å². The molecule has 2 aromatic carbocycles. The Bertz CT molecular complexity index is 2860. The Hall–Kier alpha value is -6.84. The molecule has 0 fully saturated rings. The van der Waals surface area contributed by atoms with Crippen LogP contribution in [0.4, 0.5) is 20.1 Å². The maximum absolute atomic E-state index is 14.1. The van der Waals surface area contributed by atoms with Crippen molar-refractivity contribution >= 4 is 65.9 Å². The molecular weight excluding hydrogens is 967 g/mol. The van der Waals surface area contributed by atoms with Gasteiger partial charge in [-0.2, -0.15) is 0 Å². The van der Waals surface area contributed by atoms with Gasteiger partial charge in [0.25, 0.3) is 5.56 Å². The Labute approximate surface area is 433 Å². The number of rotatable bonds is 19. The summed E-state index contributed by atoms with van der Waals surface area (Å²) in [6.07, 6.45) is -0.614. The van der Waals surface area contributed by atoms with Crippen LogP contribution >= 0.6 is 0 Å². The number of esters is 1. The summed E-state index contributed by atoms with van der Waals surface area (Å²) in [5, 5.41) is 24.6. The average Bonchev–Trinajstić information content (AvgIpc) is 3.70. The second kappa shape index (κ2) is 22.7. The van der Waals surface area contributed by atoms with Crippen molar-refractivity contribution in [2.45, 2.75) is 136 Å². The number of anilines is 1. The van der Waals surface area contributed by atoms with Crippen LogP contribution in [0.15, 0.2) is 53.3 Å². The molecule has 0 radical (unpaired) electrons. The van der Waals surface area contributed by atoms with Gasteiger partial charge < -0.3 is 60.7 Å². The summed E-state index contributed by atoms with van der Waals surface area (Å²) in [6, 6.07) is 11.6. The molecule has 0 saturated carbocycles. The van der Waals surface area contributed by atoms with Gasteiger partial charge in [0.1, 0.15) is 25.0 Å². The summed E-state index contributed by atoms with van der Waals surface area (Å²) in [5.41, 5.74) is 7.12. The number of nitrogens with one attached hydrogen (secondary N) is 4. The molecule has 21 heteroatoms. The standard InChI is InChI=1S/C53H73N9O11Si/c1-13-53(70)38-26-41-43-36(27-62(41)47(65)37(38)29-71-48(53)66)44(74(11,12)52(6,7)8)35-25-34(20-21-39(35)58-43)73-51(69)61(10)24-23-60(9)50(68)72-28-32-16-18-33(19-17-32)57-45(63)40(15-14-22-55-49(54)67)59-46(64)42(30(2)3)56-31(4)5/h16-21,25-26,30-31,40,42,56,70H,13-15,22-24,27-29H2,1-12H3,(H,57,63)(H,59,64)(H3,54,55,67)/t40-,42-,53-/m0/s1. The van der Waals surface area contributed by atoms with Crippen LogP contribution in [0, 0.1) is 5.92 Å². The number of carbonyl (C=O) groups excluding carboxylic acids is 6. The van der Waals surface area contributed by atoms with E-state index in [-0.39, 0.29) is 97.6 Å². The molecular formula is C53H73N9O11Si. The smallest absolute Gasteiger partial charge is 0.415 e. The molecule has 0 bridgehead atoms. The number of carbonyl (C=O) groups is 6. The van der Waals surface area contributed by atoms with Crippen LogP contribution in [-0.4, -0.2) is 120 Å². The van der Waals surface area contributed by atoms with Gasteiger partial charge in [0, 0.05) is 56.4 Å². The fraction of sp³-hybridized carbons (Fsp3) is 0.509. The maximum Gasteiger partial charge on any atom is 0.415 e. The summed E-state index contributed by atoms with van der Waals surface area (Å²) in [5.74, 6) is -1.30. The minimum absolute atomic E-state index is 0.0320. The first-order valence-electron chi connectivity index (χ1n) is 25.1. The molecule has 0 unspecified atom stereocenters. The number of amides is 6. The van der Waals surface area contributed by atoms with Crippen LogP contribution in [0.5, 0.6) is 5.75 Å². The van der Waals surface area contributed by atoms with E-state index < -0.39 is 55.9 Å². The second-order valence-corrected chi connectivity index (χ2v) is 26.7. The SMILES string of the molecule is CC[C@@]1(O)C(=O)OCc2c1cc1n(c2=O)Cc2c-1nc1ccc(OC(=O)N(C)CCN(C)C(=O)OCc3ccc(NC(=O)[C@H](CCCNC(N)=O)NC(=O)[C@@H](NC(C)C)C(C)C)cc3)cc1c2[Si](C)(C)C(C)(C)C. The highest BCUT2D eigenvalue weighted by molar-refractivity contribution is 6.94. The molecule has 3 atom stereocenters. The van der Waals surface area contributed by atoms with Crippen molar-refractivity contribution in [1.29, 1.82) is 0 Å². The van der Waals surface area contributed by atoms with E-state index >= 15 is 0 Å². The van der Waals surface area contributed by atoms with Gasteiger partial charge in [0.05, 0.1) is 43.1 Å². The fourth-order valence-electron chi connectivity index (χ4n) is 9.02. The van der Waals surface area contributed by atoms with E-state index in [1.807, 2.05) is 33.8 Å². The van der Waals surface area contributed by atoms with Gasteiger partial charge in [0.2, 0.25) is 11.8 Å². The summed E-state index contributed by atoms with van der Waals surface area (Å²) in [4.78, 5) is 99.2. The number of aromatic nitrogens is 2. The minimum atomic E-state index is -2.44. The molecule has 0 saturated heterocycles. The van der Waals surface area contributed by atoms with Gasteiger partial charge in [0.15, 0.2) is 5.60 Å². The highest BCUT2D eigenvalue weighted by Gasteiger charge is 2.47. The quantitative estimate of drug-likeness (QED) is 0.0345. The molecule has 4 heterocycles. The Balaban J connectivity index is 1.08. The van der Waals surface area contributed by atoms with Crippen LogP contribution in [0.2, 0.25) is 18.1 Å². The molecule has 6 rings (SSSR count). The number of nitrogens with zero attached hydrogens (tertiary/aromatic N) is 4. The predicted octanol–water partition coefficient (Wildman–Crippen LogP) is 5.39. The van der Waals surface area contributed by atoms with Crippen LogP contribution in [0.25, 0.3) is 22.3 Å². The zero-order valence-electron chi connectivity index (χ0n) is 44.7. The number of primary amides is 1. The molecule has 0 aliphatic carbocycles. The summed E-state index contributed by atoms with van der Waals surface area (Å²) < 4.78 is 18.4. The predicted molar refractivity (Wildman–Crippen MR) is 284 cm³/mol. The summed E-state index contributed by atoms with van der Waals surface area (Å²) in [6.45, 7) is 20.9. The van der Waals surface area contributed by atoms with E-state index in [1.165, 1.54) is 9.80 Å². The normalized spacial score (nSPS) is 15.9. The fourth-order valence-corrected chi connectivity index (χ4v) is 11.6. The van der Waals surface area contributed by atoms with E-state index in [4.69, 9.17) is 24.9 Å². The molecule has 0 spiro atoms. The zero-order valence-corrected chi connectivity index (χ0v) is 45.7. The lowest BCUT2D eigenvalue weighted by molar-refractivity contribution is -0.172. The number of fused-ring (bicyclic) bond motifs is 5. The minimum Gasteiger partial charge on any atom is -0.458 e. The number of cyclic esters (lactones) is 1. The van der Waals surface area contributed by atoms with Crippen LogP contribution in [0.3, 0.4) is 0 Å². The summed E-state index contributed by atoms with van der Waals surface area (Å²) in [7, 11) is 0.674. The highest BCUT2D eigenvalue weighted by Crippen LogP contribution is 2.43. The molecule has 74 heavy (non-hydrogen) atoms. The summed E-state index contributed by atoms with van der Waals surface area (Å²) >= 11 is 0. The molecule has 2 aromatic heterocycles. The number of urea groups is 1. The third-order valence-electron chi connectivity index (χ3n) is 14.4. The van der Waals surface area contributed by atoms with Gasteiger partial charge in [-0.05, 0) is 82.9 Å². The molecule has 6 amide bonds. The van der Waals surface area contributed by atoms with Gasteiger partial charge in [-0.15, -0.1) is 0 Å². The van der Waals surface area contributed by atoms with Crippen LogP contribution in [0.1, 0.15) is 96.9 Å². The van der Waals surface area contributed by atoms with Gasteiger partial charge in [-0.1, -0.05) is 80.6 Å². The monoisotopic (exact) mass is 1040 g/mol. The van der Waals surface area contributed by atoms with Gasteiger partial charge in [-0.3, -0.25) is 14.4 Å². The molecule has 4 aromatic rings. The first kappa shape index (κ1) is 56.5. The van der Waals surface area contributed by atoms with Crippen LogP contribution in [-0.2, 0) is 49.2 Å². The second-order valence-electron chi connectivity index (χ2n) is 21.5. The van der Waals surface area contributed by atoms with Crippen molar-refractivity contribution < 1.29 is 48.1 Å². The Morgan fingerprint density at radius 2 is 1.61 bits per heavy atom. The van der Waals surface area contributed by atoms with E-state index in [2.05, 4.69) is 55.1 Å². The molecule has 400 valence electrons. The Morgan fingerprint density at radius 3 is 2.22 bits per heavy atom. The topological polar surface area (TPSA) is 266 Å². The van der Waals surface area contributed by atoms with E-state index in [9.17, 15) is 38.7 Å². The van der Waals surface area contributed by atoms with E-state index in [0.717, 1.165) is 16.1 Å². The third-order valence-corrected chi connectivity index (χ3v) is 20.0. The number of hydrogen-bond donors (Lipinski definition) is 6. The molecule has 7 N–H and O–H groups in total. The average molecular weight is 1040 g/mol.